The second-order valence-corrected chi connectivity index (χ2v) is 6.09. The quantitative estimate of drug-likeness (QED) is 0.737. The molecule has 24 heavy (non-hydrogen) atoms. The van der Waals surface area contributed by atoms with E-state index in [0.29, 0.717) is 36.0 Å². The molecule has 0 atom stereocenters. The topological polar surface area (TPSA) is 50.4 Å². The van der Waals surface area contributed by atoms with Gasteiger partial charge < -0.3 is 15.4 Å². The van der Waals surface area contributed by atoms with Gasteiger partial charge in [0.05, 0.1) is 7.11 Å². The fourth-order valence-electron chi connectivity index (χ4n) is 2.20. The number of rotatable bonds is 8. The molecule has 0 aliphatic rings. The third-order valence-corrected chi connectivity index (χ3v) is 4.07. The smallest absolute Gasteiger partial charge is 0.221 e. The van der Waals surface area contributed by atoms with Crippen LogP contribution in [0.15, 0.2) is 42.5 Å². The maximum atomic E-state index is 11.9. The van der Waals surface area contributed by atoms with Crippen LogP contribution in [0.4, 0.5) is 5.69 Å². The van der Waals surface area contributed by atoms with E-state index in [1.165, 1.54) is 0 Å². The molecule has 0 fully saturated rings. The van der Waals surface area contributed by atoms with E-state index in [1.807, 2.05) is 30.3 Å². The molecule has 0 heterocycles. The molecule has 1 amide bonds. The molecule has 2 aromatic rings. The molecule has 0 saturated carbocycles. The number of hydrogen-bond acceptors (Lipinski definition) is 3. The van der Waals surface area contributed by atoms with E-state index in [-0.39, 0.29) is 5.91 Å². The Balaban J connectivity index is 1.68. The highest BCUT2D eigenvalue weighted by molar-refractivity contribution is 6.35. The van der Waals surface area contributed by atoms with Gasteiger partial charge in [0.1, 0.15) is 5.75 Å². The predicted molar refractivity (Wildman–Crippen MR) is 99.3 cm³/mol. The number of benzene rings is 2. The molecule has 0 radical (unpaired) electrons. The van der Waals surface area contributed by atoms with Crippen molar-refractivity contribution in [2.75, 3.05) is 25.5 Å². The number of nitrogens with one attached hydrogen (secondary N) is 2. The maximum Gasteiger partial charge on any atom is 0.221 e. The second-order valence-electron chi connectivity index (χ2n) is 5.24. The first-order valence-corrected chi connectivity index (χ1v) is 8.42. The van der Waals surface area contributed by atoms with Gasteiger partial charge in [-0.2, -0.15) is 0 Å². The van der Waals surface area contributed by atoms with Crippen LogP contribution in [0, 0.1) is 0 Å². The average Bonchev–Trinajstić information content (AvgIpc) is 2.57. The zero-order valence-corrected chi connectivity index (χ0v) is 15.0. The molecule has 0 unspecified atom stereocenters. The zero-order valence-electron chi connectivity index (χ0n) is 13.4. The molecule has 0 aromatic heterocycles. The fraction of sp³-hybridized carbons (Fsp3) is 0.278. The van der Waals surface area contributed by atoms with Gasteiger partial charge in [-0.15, -0.1) is 0 Å². The normalized spacial score (nSPS) is 10.3. The molecule has 128 valence electrons. The van der Waals surface area contributed by atoms with Crippen LogP contribution in [0.25, 0.3) is 0 Å². The monoisotopic (exact) mass is 366 g/mol. The number of carbonyl (C=O) groups excluding carboxylic acids is 1. The van der Waals surface area contributed by atoms with Crippen molar-refractivity contribution >= 4 is 34.8 Å². The third kappa shape index (κ3) is 5.95. The molecule has 0 bridgehead atoms. The van der Waals surface area contributed by atoms with E-state index in [4.69, 9.17) is 27.9 Å². The van der Waals surface area contributed by atoms with Crippen molar-refractivity contribution < 1.29 is 9.53 Å². The Morgan fingerprint density at radius 3 is 2.71 bits per heavy atom. The molecule has 2 N–H and O–H groups in total. The average molecular weight is 367 g/mol. The van der Waals surface area contributed by atoms with Gasteiger partial charge in [-0.1, -0.05) is 35.3 Å². The fourth-order valence-corrected chi connectivity index (χ4v) is 2.71. The molecule has 4 nitrogen and oxygen atoms in total. The van der Waals surface area contributed by atoms with Gasteiger partial charge in [-0.25, -0.2) is 0 Å². The maximum absolute atomic E-state index is 11.9. The lowest BCUT2D eigenvalue weighted by Gasteiger charge is -2.09. The summed E-state index contributed by atoms with van der Waals surface area (Å²) in [4.78, 5) is 11.9. The van der Waals surface area contributed by atoms with Gasteiger partial charge >= 0.3 is 0 Å². The lowest BCUT2D eigenvalue weighted by molar-refractivity contribution is -0.120. The van der Waals surface area contributed by atoms with Crippen LogP contribution in [0.3, 0.4) is 0 Å². The van der Waals surface area contributed by atoms with Gasteiger partial charge in [0, 0.05) is 41.3 Å². The van der Waals surface area contributed by atoms with Crippen molar-refractivity contribution in [2.24, 2.45) is 0 Å². The van der Waals surface area contributed by atoms with Crippen molar-refractivity contribution in [2.45, 2.75) is 12.8 Å². The van der Waals surface area contributed by atoms with Crippen molar-refractivity contribution in [1.29, 1.82) is 0 Å². The summed E-state index contributed by atoms with van der Waals surface area (Å²) in [5.74, 6) is 0.778. The Bertz CT molecular complexity index is 692. The lowest BCUT2D eigenvalue weighted by Crippen LogP contribution is -2.27. The number of amides is 1. The number of methoxy groups -OCH3 is 1. The summed E-state index contributed by atoms with van der Waals surface area (Å²) in [6.45, 7) is 1.10. The van der Waals surface area contributed by atoms with Crippen LogP contribution in [0.1, 0.15) is 12.0 Å². The van der Waals surface area contributed by atoms with E-state index in [9.17, 15) is 4.79 Å². The summed E-state index contributed by atoms with van der Waals surface area (Å²) in [7, 11) is 1.62. The second kappa shape index (κ2) is 9.40. The number of ether oxygens (including phenoxy) is 1. The molecule has 0 saturated heterocycles. The highest BCUT2D eigenvalue weighted by Gasteiger charge is 2.04. The van der Waals surface area contributed by atoms with E-state index in [1.54, 1.807) is 19.2 Å². The van der Waals surface area contributed by atoms with Gasteiger partial charge in [0.15, 0.2) is 0 Å². The number of anilines is 1. The predicted octanol–water partition coefficient (Wildman–Crippen LogP) is 4.16. The summed E-state index contributed by atoms with van der Waals surface area (Å²) < 4.78 is 5.16. The van der Waals surface area contributed by atoms with Crippen molar-refractivity contribution in [3.8, 4) is 5.75 Å². The molecule has 0 aliphatic heterocycles. The summed E-state index contributed by atoms with van der Waals surface area (Å²) >= 11 is 12.0. The van der Waals surface area contributed by atoms with Gasteiger partial charge in [-0.05, 0) is 36.2 Å². The summed E-state index contributed by atoms with van der Waals surface area (Å²) in [5.41, 5.74) is 1.89. The molecule has 0 spiro atoms. The van der Waals surface area contributed by atoms with Crippen molar-refractivity contribution in [3.63, 3.8) is 0 Å². The molecular formula is C18H20Cl2N2O2. The molecule has 6 heteroatoms. The Labute approximate surface area is 152 Å². The van der Waals surface area contributed by atoms with Crippen LogP contribution in [-0.2, 0) is 11.2 Å². The Kier molecular flexibility index (Phi) is 7.22. The first-order valence-electron chi connectivity index (χ1n) is 7.67. The van der Waals surface area contributed by atoms with E-state index in [0.717, 1.165) is 17.0 Å². The first-order chi connectivity index (χ1) is 11.6. The molecular weight excluding hydrogens is 347 g/mol. The van der Waals surface area contributed by atoms with E-state index < -0.39 is 0 Å². The van der Waals surface area contributed by atoms with E-state index in [2.05, 4.69) is 10.6 Å². The highest BCUT2D eigenvalue weighted by atomic mass is 35.5. The summed E-state index contributed by atoms with van der Waals surface area (Å²) in [5, 5.41) is 7.31. The van der Waals surface area contributed by atoms with Crippen LogP contribution >= 0.6 is 23.2 Å². The van der Waals surface area contributed by atoms with Gasteiger partial charge in [-0.3, -0.25) is 4.79 Å². The van der Waals surface area contributed by atoms with Crippen molar-refractivity contribution in [1.82, 2.24) is 5.32 Å². The number of carbonyl (C=O) groups is 1. The number of hydrogen-bond donors (Lipinski definition) is 2. The van der Waals surface area contributed by atoms with Gasteiger partial charge in [0.2, 0.25) is 5.91 Å². The molecule has 2 rings (SSSR count). The van der Waals surface area contributed by atoms with Crippen LogP contribution < -0.4 is 15.4 Å². The van der Waals surface area contributed by atoms with Crippen LogP contribution in [0.2, 0.25) is 10.0 Å². The standard InChI is InChI=1S/C18H20Cl2N2O2/c1-24-16-4-2-3-15(12-16)21-10-8-18(23)22-9-7-13-5-6-14(19)11-17(13)20/h2-6,11-12,21H,7-10H2,1H3,(H,22,23). The lowest BCUT2D eigenvalue weighted by atomic mass is 10.1. The minimum atomic E-state index is -0.00418. The van der Waals surface area contributed by atoms with Crippen molar-refractivity contribution in [3.05, 3.63) is 58.1 Å². The summed E-state index contributed by atoms with van der Waals surface area (Å²) in [6, 6.07) is 13.0. The van der Waals surface area contributed by atoms with Gasteiger partial charge in [0.25, 0.3) is 0 Å². The highest BCUT2D eigenvalue weighted by Crippen LogP contribution is 2.21. The Hall–Kier alpha value is -1.91. The number of halogens is 2. The minimum Gasteiger partial charge on any atom is -0.497 e. The Morgan fingerprint density at radius 1 is 1.12 bits per heavy atom. The van der Waals surface area contributed by atoms with Crippen LogP contribution in [0.5, 0.6) is 5.75 Å². The zero-order chi connectivity index (χ0) is 17.4. The molecule has 2 aromatic carbocycles. The SMILES string of the molecule is COc1cccc(NCCC(=O)NCCc2ccc(Cl)cc2Cl)c1. The first kappa shape index (κ1) is 18.4. The minimum absolute atomic E-state index is 0.00418. The summed E-state index contributed by atoms with van der Waals surface area (Å²) in [6.07, 6.45) is 1.07. The third-order valence-electron chi connectivity index (χ3n) is 3.48. The Morgan fingerprint density at radius 2 is 1.96 bits per heavy atom. The van der Waals surface area contributed by atoms with Crippen LogP contribution in [-0.4, -0.2) is 26.1 Å². The molecule has 0 aliphatic carbocycles. The largest absolute Gasteiger partial charge is 0.497 e. The van der Waals surface area contributed by atoms with E-state index >= 15 is 0 Å².